The molecule has 0 saturated heterocycles. The van der Waals surface area contributed by atoms with Crippen molar-refractivity contribution in [1.29, 1.82) is 0 Å². The molecule has 2 fully saturated rings. The monoisotopic (exact) mass is 500 g/mol. The fraction of sp³-hybridized carbons (Fsp3) is 0.724. The summed E-state index contributed by atoms with van der Waals surface area (Å²) >= 11 is 0. The first-order chi connectivity index (χ1) is 17.1. The zero-order valence-corrected chi connectivity index (χ0v) is 23.1. The number of aliphatic imine (C=N–C) groups is 1. The summed E-state index contributed by atoms with van der Waals surface area (Å²) in [7, 11) is 1.70. The number of pyridine rings is 1. The smallest absolute Gasteiger partial charge is 0.253 e. The minimum absolute atomic E-state index is 0.0632. The Morgan fingerprint density at radius 1 is 1.11 bits per heavy atom. The summed E-state index contributed by atoms with van der Waals surface area (Å²) < 4.78 is 0. The molecule has 0 aromatic carbocycles. The summed E-state index contributed by atoms with van der Waals surface area (Å²) in [5.41, 5.74) is 5.83. The van der Waals surface area contributed by atoms with Crippen molar-refractivity contribution < 1.29 is 9.59 Å². The molecule has 202 valence electrons. The van der Waals surface area contributed by atoms with Crippen LogP contribution < -0.4 is 11.3 Å². The first-order valence-corrected chi connectivity index (χ1v) is 13.9. The Balaban J connectivity index is 0.000000200. The third kappa shape index (κ3) is 9.90. The van der Waals surface area contributed by atoms with Gasteiger partial charge in [-0.2, -0.15) is 0 Å². The van der Waals surface area contributed by atoms with E-state index in [-0.39, 0.29) is 23.3 Å². The number of carbonyl (C=O) groups is 2. The van der Waals surface area contributed by atoms with Gasteiger partial charge in [-0.25, -0.2) is 4.99 Å². The van der Waals surface area contributed by atoms with Crippen LogP contribution in [0.4, 0.5) is 0 Å². The third-order valence-corrected chi connectivity index (χ3v) is 7.92. The van der Waals surface area contributed by atoms with Crippen molar-refractivity contribution in [3.63, 3.8) is 0 Å². The number of nitrogens with zero attached hydrogens (tertiary/aromatic N) is 2. The molecular weight excluding hydrogens is 452 g/mol. The van der Waals surface area contributed by atoms with Crippen LogP contribution in [0.3, 0.4) is 0 Å². The second kappa shape index (κ2) is 15.0. The molecule has 0 spiro atoms. The molecule has 2 heterocycles. The molecule has 1 amide bonds. The van der Waals surface area contributed by atoms with Crippen molar-refractivity contribution >= 4 is 17.6 Å². The first kappa shape index (κ1) is 29.8. The number of nitrogens with one attached hydrogen (secondary N) is 1. The molecular formula is C29H48N4O3. The van der Waals surface area contributed by atoms with Gasteiger partial charge in [0.05, 0.1) is 0 Å². The van der Waals surface area contributed by atoms with Gasteiger partial charge < -0.3 is 10.7 Å². The lowest BCUT2D eigenvalue weighted by molar-refractivity contribution is -0.126. The minimum Gasteiger partial charge on any atom is -0.369 e. The predicted octanol–water partition coefficient (Wildman–Crippen LogP) is 5.55. The molecule has 3 aliphatic rings. The number of carbonyl (C=O) groups excluding carboxylic acids is 2. The number of nitrogens with two attached hydrogens (primary N) is 1. The number of Topliss-reactive ketones (excluding diaryl/α,β-unsaturated/α-hetero) is 1. The maximum absolute atomic E-state index is 11.7. The maximum atomic E-state index is 11.7. The quantitative estimate of drug-likeness (QED) is 0.517. The molecule has 2 saturated carbocycles. The van der Waals surface area contributed by atoms with Gasteiger partial charge in [0.1, 0.15) is 6.04 Å². The average Bonchev–Trinajstić information content (AvgIpc) is 3.10. The number of ketones is 1. The number of hydrogen-bond donors (Lipinski definition) is 2. The average molecular weight is 501 g/mol. The molecule has 3 N–H and O–H groups in total. The summed E-state index contributed by atoms with van der Waals surface area (Å²) in [6.07, 6.45) is 16.1. The standard InChI is InChI=1S/C12H21N3O.C10H20.C7H7NO2/c1-15-11(16)10(14-12(15)13)8-7-9-5-3-2-4-6-9;1-8(2)10-6-4-5-9(3)7-10;1-5(9)6-2-3-8-7(10)4-6/h9-10H,2-8H2,1H3,(H2,13,14);8-10H,4-7H2,1-3H3;2-4H,1H3,(H,8,10). The first-order valence-electron chi connectivity index (χ1n) is 13.9. The SMILES string of the molecule is CC(=O)c1cc[nH]c(=O)c1.CC1CCCC(C(C)C)C1.CN1C(=O)C(CCC2CCCCC2)N=C1N. The van der Waals surface area contributed by atoms with E-state index < -0.39 is 0 Å². The van der Waals surface area contributed by atoms with Gasteiger partial charge >= 0.3 is 0 Å². The summed E-state index contributed by atoms with van der Waals surface area (Å²) in [5, 5.41) is 0. The van der Waals surface area contributed by atoms with E-state index in [1.807, 2.05) is 0 Å². The Bertz CT molecular complexity index is 917. The Hall–Kier alpha value is -2.44. The third-order valence-electron chi connectivity index (χ3n) is 7.92. The van der Waals surface area contributed by atoms with Gasteiger partial charge in [-0.1, -0.05) is 72.1 Å². The van der Waals surface area contributed by atoms with Crippen LogP contribution in [-0.2, 0) is 4.79 Å². The van der Waals surface area contributed by atoms with Gasteiger partial charge in [-0.15, -0.1) is 0 Å². The van der Waals surface area contributed by atoms with E-state index in [1.54, 1.807) is 13.1 Å². The Kier molecular flexibility index (Phi) is 12.4. The molecule has 1 aromatic heterocycles. The maximum Gasteiger partial charge on any atom is 0.253 e. The fourth-order valence-electron chi connectivity index (χ4n) is 5.45. The van der Waals surface area contributed by atoms with Crippen LogP contribution in [0.2, 0.25) is 0 Å². The Labute approximate surface area is 217 Å². The molecule has 3 atom stereocenters. The molecule has 2 aliphatic carbocycles. The topological polar surface area (TPSA) is 109 Å². The molecule has 7 nitrogen and oxygen atoms in total. The number of rotatable bonds is 5. The van der Waals surface area contributed by atoms with E-state index >= 15 is 0 Å². The normalized spacial score (nSPS) is 24.4. The highest BCUT2D eigenvalue weighted by molar-refractivity contribution is 6.03. The van der Waals surface area contributed by atoms with E-state index in [4.69, 9.17) is 5.73 Å². The molecule has 1 aliphatic heterocycles. The number of H-pyrrole nitrogens is 1. The van der Waals surface area contributed by atoms with Crippen molar-refractivity contribution in [3.8, 4) is 0 Å². The van der Waals surface area contributed by atoms with Crippen LogP contribution >= 0.6 is 0 Å². The minimum atomic E-state index is -0.243. The zero-order valence-electron chi connectivity index (χ0n) is 23.1. The lowest BCUT2D eigenvalue weighted by atomic mass is 9.77. The Morgan fingerprint density at radius 2 is 1.81 bits per heavy atom. The molecule has 7 heteroatoms. The van der Waals surface area contributed by atoms with Crippen molar-refractivity contribution in [2.24, 2.45) is 34.4 Å². The van der Waals surface area contributed by atoms with Crippen molar-refractivity contribution in [1.82, 2.24) is 9.88 Å². The molecule has 3 unspecified atom stereocenters. The number of likely N-dealkylation sites (N-methyl/N-ethyl adjacent to an activating group) is 1. The van der Waals surface area contributed by atoms with Crippen LogP contribution in [-0.4, -0.2) is 40.6 Å². The van der Waals surface area contributed by atoms with Gasteiger partial charge in [-0.3, -0.25) is 19.3 Å². The number of amides is 1. The van der Waals surface area contributed by atoms with Crippen molar-refractivity contribution in [3.05, 3.63) is 34.2 Å². The number of guanidine groups is 1. The van der Waals surface area contributed by atoms with Gasteiger partial charge in [0.25, 0.3) is 5.91 Å². The lowest BCUT2D eigenvalue weighted by Gasteiger charge is -2.29. The molecule has 1 aromatic rings. The fourth-order valence-corrected chi connectivity index (χ4v) is 5.45. The van der Waals surface area contributed by atoms with Gasteiger partial charge in [-0.05, 0) is 55.9 Å². The van der Waals surface area contributed by atoms with Crippen molar-refractivity contribution in [2.45, 2.75) is 104 Å². The highest BCUT2D eigenvalue weighted by atomic mass is 16.2. The summed E-state index contributed by atoms with van der Waals surface area (Å²) in [6, 6.07) is 2.65. The second-order valence-electron chi connectivity index (χ2n) is 11.3. The summed E-state index contributed by atoms with van der Waals surface area (Å²) in [5.74, 6) is 4.11. The van der Waals surface area contributed by atoms with Gasteiger partial charge in [0.15, 0.2) is 11.7 Å². The van der Waals surface area contributed by atoms with E-state index in [0.29, 0.717) is 11.5 Å². The Morgan fingerprint density at radius 3 is 2.28 bits per heavy atom. The predicted molar refractivity (Wildman–Crippen MR) is 147 cm³/mol. The molecule has 36 heavy (non-hydrogen) atoms. The molecule has 0 radical (unpaired) electrons. The molecule has 4 rings (SSSR count). The van der Waals surface area contributed by atoms with Crippen LogP contribution in [0, 0.1) is 23.7 Å². The van der Waals surface area contributed by atoms with E-state index in [0.717, 1.165) is 36.5 Å². The lowest BCUT2D eigenvalue weighted by Crippen LogP contribution is -2.35. The van der Waals surface area contributed by atoms with Crippen LogP contribution in [0.5, 0.6) is 0 Å². The van der Waals surface area contributed by atoms with Crippen molar-refractivity contribution in [2.75, 3.05) is 7.05 Å². The largest absolute Gasteiger partial charge is 0.369 e. The number of hydrogen-bond acceptors (Lipinski definition) is 5. The number of aromatic nitrogens is 1. The van der Waals surface area contributed by atoms with Gasteiger partial charge in [0, 0.05) is 24.9 Å². The van der Waals surface area contributed by atoms with E-state index in [9.17, 15) is 14.4 Å². The molecule has 0 bridgehead atoms. The highest BCUT2D eigenvalue weighted by Crippen LogP contribution is 2.33. The second-order valence-corrected chi connectivity index (χ2v) is 11.3. The zero-order chi connectivity index (χ0) is 26.7. The van der Waals surface area contributed by atoms with Crippen LogP contribution in [0.25, 0.3) is 0 Å². The van der Waals surface area contributed by atoms with Crippen LogP contribution in [0.15, 0.2) is 28.1 Å². The van der Waals surface area contributed by atoms with Gasteiger partial charge in [0.2, 0.25) is 5.56 Å². The summed E-state index contributed by atoms with van der Waals surface area (Å²) in [4.78, 5) is 41.0. The van der Waals surface area contributed by atoms with E-state index in [1.165, 1.54) is 81.9 Å². The summed E-state index contributed by atoms with van der Waals surface area (Å²) in [6.45, 7) is 8.55. The highest BCUT2D eigenvalue weighted by Gasteiger charge is 2.30. The number of aromatic amines is 1. The van der Waals surface area contributed by atoms with E-state index in [2.05, 4.69) is 30.7 Å². The van der Waals surface area contributed by atoms with Crippen LogP contribution in [0.1, 0.15) is 109 Å².